The molecule has 1 aromatic heterocycles. The lowest BCUT2D eigenvalue weighted by atomic mass is 9.79. The first-order valence-electron chi connectivity index (χ1n) is 8.02. The number of aryl methyl sites for hydroxylation is 1. The maximum atomic E-state index is 13.2. The van der Waals surface area contributed by atoms with Crippen LogP contribution in [-0.4, -0.2) is 36.7 Å². The van der Waals surface area contributed by atoms with Crippen LogP contribution in [0.25, 0.3) is 0 Å². The zero-order valence-corrected chi connectivity index (χ0v) is 13.8. The highest BCUT2D eigenvalue weighted by atomic mass is 19.1. The van der Waals surface area contributed by atoms with Gasteiger partial charge in [-0.25, -0.2) is 4.39 Å². The minimum absolute atomic E-state index is 0.0644. The van der Waals surface area contributed by atoms with E-state index in [1.54, 1.807) is 0 Å². The average Bonchev–Trinajstić information content (AvgIpc) is 3.00. The Bertz CT molecular complexity index is 651. The molecule has 23 heavy (non-hydrogen) atoms. The number of hydrogen-bond donors (Lipinski definition) is 0. The Labute approximate surface area is 137 Å². The summed E-state index contributed by atoms with van der Waals surface area (Å²) in [4.78, 5) is 6.76. The van der Waals surface area contributed by atoms with Crippen molar-refractivity contribution >= 4 is 0 Å². The topological polar surface area (TPSA) is 25.4 Å². The standard InChI is InChI=1S/C19H23FN2O/c1-15-4-3-10-21-18(15)12-22(2)13-19(9-11-23-14-19)16-5-7-17(20)8-6-16/h3-8,10H,9,11-14H2,1-2H3/t19-/m1/s1. The molecule has 2 aromatic rings. The average molecular weight is 314 g/mol. The number of rotatable bonds is 5. The SMILES string of the molecule is Cc1cccnc1CN(C)C[C@]1(c2ccc(F)cc2)CCOC1. The van der Waals surface area contributed by atoms with Gasteiger partial charge in [0.25, 0.3) is 0 Å². The van der Waals surface area contributed by atoms with Crippen molar-refractivity contribution in [1.29, 1.82) is 0 Å². The molecule has 0 spiro atoms. The van der Waals surface area contributed by atoms with Crippen LogP contribution < -0.4 is 0 Å². The lowest BCUT2D eigenvalue weighted by molar-refractivity contribution is 0.157. The van der Waals surface area contributed by atoms with E-state index >= 15 is 0 Å². The number of ether oxygens (including phenoxy) is 1. The van der Waals surface area contributed by atoms with Crippen LogP contribution in [0.15, 0.2) is 42.6 Å². The quantitative estimate of drug-likeness (QED) is 0.846. The Kier molecular flexibility index (Phi) is 4.74. The molecule has 1 atom stereocenters. The van der Waals surface area contributed by atoms with E-state index in [-0.39, 0.29) is 11.2 Å². The van der Waals surface area contributed by atoms with Gasteiger partial charge < -0.3 is 4.74 Å². The molecule has 4 heteroatoms. The molecule has 0 aliphatic carbocycles. The highest BCUT2D eigenvalue weighted by Gasteiger charge is 2.37. The second-order valence-electron chi connectivity index (χ2n) is 6.53. The normalized spacial score (nSPS) is 21.0. The van der Waals surface area contributed by atoms with Gasteiger partial charge in [0.05, 0.1) is 12.3 Å². The van der Waals surface area contributed by atoms with Crippen molar-refractivity contribution < 1.29 is 9.13 Å². The van der Waals surface area contributed by atoms with E-state index in [2.05, 4.69) is 29.9 Å². The second-order valence-corrected chi connectivity index (χ2v) is 6.53. The van der Waals surface area contributed by atoms with E-state index in [4.69, 9.17) is 4.74 Å². The molecule has 0 saturated carbocycles. The van der Waals surface area contributed by atoms with Gasteiger partial charge in [0.2, 0.25) is 0 Å². The van der Waals surface area contributed by atoms with Crippen LogP contribution >= 0.6 is 0 Å². The first kappa shape index (κ1) is 16.1. The fourth-order valence-corrected chi connectivity index (χ4v) is 3.37. The van der Waals surface area contributed by atoms with E-state index in [1.807, 2.05) is 24.4 Å². The Hall–Kier alpha value is -1.78. The zero-order chi connectivity index (χ0) is 16.3. The van der Waals surface area contributed by atoms with Crippen LogP contribution in [0.3, 0.4) is 0 Å². The van der Waals surface area contributed by atoms with Crippen molar-refractivity contribution in [1.82, 2.24) is 9.88 Å². The van der Waals surface area contributed by atoms with Crippen molar-refractivity contribution in [3.63, 3.8) is 0 Å². The van der Waals surface area contributed by atoms with Crippen LogP contribution in [0.5, 0.6) is 0 Å². The van der Waals surface area contributed by atoms with Gasteiger partial charge in [0.15, 0.2) is 0 Å². The van der Waals surface area contributed by atoms with Gasteiger partial charge in [-0.2, -0.15) is 0 Å². The molecular weight excluding hydrogens is 291 g/mol. The number of hydrogen-bond acceptors (Lipinski definition) is 3. The molecule has 0 radical (unpaired) electrons. The van der Waals surface area contributed by atoms with Crippen LogP contribution in [-0.2, 0) is 16.7 Å². The van der Waals surface area contributed by atoms with Gasteiger partial charge in [0.1, 0.15) is 5.82 Å². The molecule has 1 aromatic carbocycles. The molecule has 122 valence electrons. The molecule has 0 unspecified atom stereocenters. The van der Waals surface area contributed by atoms with E-state index in [0.29, 0.717) is 6.61 Å². The summed E-state index contributed by atoms with van der Waals surface area (Å²) < 4.78 is 18.9. The van der Waals surface area contributed by atoms with Crippen LogP contribution in [0, 0.1) is 12.7 Å². The summed E-state index contributed by atoms with van der Waals surface area (Å²) in [6.45, 7) is 5.20. The summed E-state index contributed by atoms with van der Waals surface area (Å²) in [6.07, 6.45) is 2.80. The Balaban J connectivity index is 1.77. The summed E-state index contributed by atoms with van der Waals surface area (Å²) in [5.41, 5.74) is 3.40. The monoisotopic (exact) mass is 314 g/mol. The number of likely N-dealkylation sites (N-methyl/N-ethyl adjacent to an activating group) is 1. The number of benzene rings is 1. The predicted octanol–water partition coefficient (Wildman–Crippen LogP) is 3.32. The molecule has 0 amide bonds. The lowest BCUT2D eigenvalue weighted by Crippen LogP contribution is -2.39. The predicted molar refractivity (Wildman–Crippen MR) is 88.8 cm³/mol. The van der Waals surface area contributed by atoms with E-state index in [1.165, 1.54) is 17.7 Å². The van der Waals surface area contributed by atoms with Gasteiger partial charge in [-0.05, 0) is 49.7 Å². The second kappa shape index (κ2) is 6.77. The summed E-state index contributed by atoms with van der Waals surface area (Å²) in [7, 11) is 2.11. The van der Waals surface area contributed by atoms with Crippen molar-refractivity contribution in [2.75, 3.05) is 26.8 Å². The van der Waals surface area contributed by atoms with E-state index in [0.717, 1.165) is 37.4 Å². The largest absolute Gasteiger partial charge is 0.380 e. The zero-order valence-electron chi connectivity index (χ0n) is 13.8. The minimum atomic E-state index is -0.194. The first-order chi connectivity index (χ1) is 11.1. The van der Waals surface area contributed by atoms with Gasteiger partial charge >= 0.3 is 0 Å². The lowest BCUT2D eigenvalue weighted by Gasteiger charge is -2.33. The van der Waals surface area contributed by atoms with E-state index < -0.39 is 0 Å². The molecule has 1 aliphatic heterocycles. The van der Waals surface area contributed by atoms with Gasteiger partial charge in [-0.15, -0.1) is 0 Å². The molecular formula is C19H23FN2O. The summed E-state index contributed by atoms with van der Waals surface area (Å²) in [6, 6.07) is 10.9. The Morgan fingerprint density at radius 2 is 2.04 bits per heavy atom. The van der Waals surface area contributed by atoms with Crippen molar-refractivity contribution in [3.05, 3.63) is 65.2 Å². The van der Waals surface area contributed by atoms with Crippen molar-refractivity contribution in [2.45, 2.75) is 25.3 Å². The van der Waals surface area contributed by atoms with Crippen LogP contribution in [0.1, 0.15) is 23.2 Å². The number of pyridine rings is 1. The molecule has 0 bridgehead atoms. The van der Waals surface area contributed by atoms with E-state index in [9.17, 15) is 4.39 Å². The molecule has 3 nitrogen and oxygen atoms in total. The minimum Gasteiger partial charge on any atom is -0.380 e. The summed E-state index contributed by atoms with van der Waals surface area (Å²) >= 11 is 0. The first-order valence-corrected chi connectivity index (χ1v) is 8.02. The highest BCUT2D eigenvalue weighted by Crippen LogP contribution is 2.34. The Morgan fingerprint density at radius 1 is 1.26 bits per heavy atom. The smallest absolute Gasteiger partial charge is 0.123 e. The fraction of sp³-hybridized carbons (Fsp3) is 0.421. The van der Waals surface area contributed by atoms with Gasteiger partial charge in [-0.1, -0.05) is 18.2 Å². The fourth-order valence-electron chi connectivity index (χ4n) is 3.37. The third kappa shape index (κ3) is 3.59. The number of halogens is 1. The van der Waals surface area contributed by atoms with Gasteiger partial charge in [-0.3, -0.25) is 9.88 Å². The Morgan fingerprint density at radius 3 is 2.70 bits per heavy atom. The summed E-state index contributed by atoms with van der Waals surface area (Å²) in [5.74, 6) is -0.194. The van der Waals surface area contributed by atoms with Crippen LogP contribution in [0.4, 0.5) is 4.39 Å². The molecule has 1 saturated heterocycles. The number of nitrogens with zero attached hydrogens (tertiary/aromatic N) is 2. The molecule has 1 fully saturated rings. The third-order valence-electron chi connectivity index (χ3n) is 4.67. The van der Waals surface area contributed by atoms with Crippen LogP contribution in [0.2, 0.25) is 0 Å². The summed E-state index contributed by atoms with van der Waals surface area (Å²) in [5, 5.41) is 0. The van der Waals surface area contributed by atoms with Crippen molar-refractivity contribution in [2.24, 2.45) is 0 Å². The maximum Gasteiger partial charge on any atom is 0.123 e. The maximum absolute atomic E-state index is 13.2. The molecule has 3 rings (SSSR count). The van der Waals surface area contributed by atoms with Crippen molar-refractivity contribution in [3.8, 4) is 0 Å². The molecule has 0 N–H and O–H groups in total. The third-order valence-corrected chi connectivity index (χ3v) is 4.67. The highest BCUT2D eigenvalue weighted by molar-refractivity contribution is 5.28. The molecule has 2 heterocycles. The molecule has 1 aliphatic rings. The number of aromatic nitrogens is 1. The van der Waals surface area contributed by atoms with Gasteiger partial charge in [0, 0.05) is 31.3 Å².